The zero-order valence-corrected chi connectivity index (χ0v) is 18.7. The van der Waals surface area contributed by atoms with Crippen LogP contribution >= 0.6 is 35.0 Å². The van der Waals surface area contributed by atoms with Crippen molar-refractivity contribution in [1.82, 2.24) is 9.78 Å². The molecule has 1 amide bonds. The first kappa shape index (κ1) is 21.5. The summed E-state index contributed by atoms with van der Waals surface area (Å²) in [4.78, 5) is 14.2. The van der Waals surface area contributed by atoms with Gasteiger partial charge in [-0.05, 0) is 29.8 Å². The molecule has 156 valence electrons. The summed E-state index contributed by atoms with van der Waals surface area (Å²) >= 11 is 14.0. The molecule has 0 saturated carbocycles. The number of carbonyl (C=O) groups excluding carboxylic acids is 1. The molecular formula is C24H19Cl2N3OS. The van der Waals surface area contributed by atoms with Gasteiger partial charge in [0.05, 0.1) is 18.4 Å². The fraction of sp³-hybridized carbons (Fsp3) is 0.0833. The van der Waals surface area contributed by atoms with E-state index in [4.69, 9.17) is 23.2 Å². The van der Waals surface area contributed by atoms with Crippen molar-refractivity contribution in [3.63, 3.8) is 0 Å². The first-order valence-corrected chi connectivity index (χ1v) is 11.3. The van der Waals surface area contributed by atoms with Crippen LogP contribution < -0.4 is 5.32 Å². The number of carbonyl (C=O) groups is 1. The molecule has 4 rings (SSSR count). The minimum Gasteiger partial charge on any atom is -0.322 e. The average Bonchev–Trinajstić information content (AvgIpc) is 3.23. The molecule has 1 atom stereocenters. The summed E-state index contributed by atoms with van der Waals surface area (Å²) in [6.07, 6.45) is 3.39. The molecule has 0 aliphatic carbocycles. The van der Waals surface area contributed by atoms with Crippen LogP contribution in [0.15, 0.2) is 96.2 Å². The predicted molar refractivity (Wildman–Crippen MR) is 128 cm³/mol. The summed E-state index contributed by atoms with van der Waals surface area (Å²) in [5.74, 6) is -0.115. The highest BCUT2D eigenvalue weighted by atomic mass is 35.5. The lowest BCUT2D eigenvalue weighted by Crippen LogP contribution is -2.18. The molecule has 0 radical (unpaired) electrons. The van der Waals surface area contributed by atoms with Gasteiger partial charge >= 0.3 is 0 Å². The Morgan fingerprint density at radius 2 is 1.58 bits per heavy atom. The van der Waals surface area contributed by atoms with Crippen LogP contribution in [0.4, 0.5) is 5.69 Å². The number of amides is 1. The summed E-state index contributed by atoms with van der Waals surface area (Å²) in [5, 5.41) is 8.09. The molecule has 0 aliphatic rings. The van der Waals surface area contributed by atoms with Crippen LogP contribution in [0.2, 0.25) is 10.0 Å². The van der Waals surface area contributed by atoms with Crippen molar-refractivity contribution in [2.45, 2.75) is 16.7 Å². The Kier molecular flexibility index (Phi) is 6.97. The first-order chi connectivity index (χ1) is 15.1. The maximum Gasteiger partial charge on any atom is 0.242 e. The molecule has 4 aromatic rings. The summed E-state index contributed by atoms with van der Waals surface area (Å²) < 4.78 is 1.70. The van der Waals surface area contributed by atoms with Gasteiger partial charge in [-0.3, -0.25) is 9.48 Å². The quantitative estimate of drug-likeness (QED) is 0.307. The molecule has 4 nitrogen and oxygen atoms in total. The number of hydrogen-bond acceptors (Lipinski definition) is 3. The maximum absolute atomic E-state index is 13.2. The fourth-order valence-corrected chi connectivity index (χ4v) is 4.67. The van der Waals surface area contributed by atoms with Crippen molar-refractivity contribution in [1.29, 1.82) is 0 Å². The second kappa shape index (κ2) is 10.1. The number of nitrogens with one attached hydrogen (secondary N) is 1. The molecular weight excluding hydrogens is 449 g/mol. The summed E-state index contributed by atoms with van der Waals surface area (Å²) in [7, 11) is 0. The van der Waals surface area contributed by atoms with Crippen molar-refractivity contribution in [3.8, 4) is 0 Å². The lowest BCUT2D eigenvalue weighted by atomic mass is 10.1. The molecule has 31 heavy (non-hydrogen) atoms. The van der Waals surface area contributed by atoms with Crippen molar-refractivity contribution < 1.29 is 4.79 Å². The molecule has 1 aromatic heterocycles. The van der Waals surface area contributed by atoms with Crippen LogP contribution in [0.25, 0.3) is 0 Å². The van der Waals surface area contributed by atoms with Gasteiger partial charge in [-0.1, -0.05) is 77.8 Å². The van der Waals surface area contributed by atoms with Gasteiger partial charge in [0.25, 0.3) is 0 Å². The number of rotatable bonds is 7. The maximum atomic E-state index is 13.2. The molecule has 0 spiro atoms. The van der Waals surface area contributed by atoms with Crippen LogP contribution in [0.1, 0.15) is 16.4 Å². The van der Waals surface area contributed by atoms with Gasteiger partial charge in [-0.15, -0.1) is 11.8 Å². The molecule has 1 heterocycles. The van der Waals surface area contributed by atoms with Crippen molar-refractivity contribution in [2.24, 2.45) is 0 Å². The standard InChI is InChI=1S/C24H19Cl2N3OS/c25-21-12-7-13-22(26)20(21)16-29-15-18(14-27-29)28-24(30)23(17-8-3-1-4-9-17)31-19-10-5-2-6-11-19/h1-15,23H,16H2,(H,28,30)/t23-/m1/s1. The zero-order chi connectivity index (χ0) is 21.6. The Hall–Kier alpha value is -2.73. The van der Waals surface area contributed by atoms with Gasteiger partial charge in [-0.2, -0.15) is 5.10 Å². The molecule has 0 saturated heterocycles. The lowest BCUT2D eigenvalue weighted by molar-refractivity contribution is -0.115. The van der Waals surface area contributed by atoms with Gasteiger partial charge < -0.3 is 5.32 Å². The highest BCUT2D eigenvalue weighted by Crippen LogP contribution is 2.36. The van der Waals surface area contributed by atoms with E-state index in [9.17, 15) is 4.79 Å². The number of benzene rings is 3. The van der Waals surface area contributed by atoms with Gasteiger partial charge in [0, 0.05) is 26.7 Å². The van der Waals surface area contributed by atoms with Crippen molar-refractivity contribution in [3.05, 3.63) is 112 Å². The van der Waals surface area contributed by atoms with E-state index < -0.39 is 5.25 Å². The molecule has 0 unspecified atom stereocenters. The van der Waals surface area contributed by atoms with Crippen molar-refractivity contribution in [2.75, 3.05) is 5.32 Å². The topological polar surface area (TPSA) is 46.9 Å². The third-order valence-electron chi connectivity index (χ3n) is 4.62. The van der Waals surface area contributed by atoms with Gasteiger partial charge in [-0.25, -0.2) is 0 Å². The monoisotopic (exact) mass is 467 g/mol. The van der Waals surface area contributed by atoms with E-state index in [1.807, 2.05) is 60.7 Å². The molecule has 3 aromatic carbocycles. The highest BCUT2D eigenvalue weighted by Gasteiger charge is 2.22. The number of nitrogens with zero attached hydrogens (tertiary/aromatic N) is 2. The number of anilines is 1. The van der Waals surface area contributed by atoms with E-state index in [-0.39, 0.29) is 5.91 Å². The normalized spacial score (nSPS) is 11.8. The smallest absolute Gasteiger partial charge is 0.242 e. The van der Waals surface area contributed by atoms with Crippen LogP contribution in [-0.4, -0.2) is 15.7 Å². The van der Waals surface area contributed by atoms with Crippen LogP contribution in [-0.2, 0) is 11.3 Å². The molecule has 0 bridgehead atoms. The average molecular weight is 468 g/mol. The minimum absolute atomic E-state index is 0.115. The van der Waals surface area contributed by atoms with E-state index in [0.29, 0.717) is 22.3 Å². The third-order valence-corrected chi connectivity index (χ3v) is 6.59. The van der Waals surface area contributed by atoms with E-state index in [1.165, 1.54) is 11.8 Å². The number of halogens is 2. The molecule has 7 heteroatoms. The molecule has 0 aliphatic heterocycles. The third kappa shape index (κ3) is 5.50. The van der Waals surface area contributed by atoms with Gasteiger partial charge in [0.1, 0.15) is 5.25 Å². The van der Waals surface area contributed by atoms with E-state index in [1.54, 1.807) is 35.3 Å². The lowest BCUT2D eigenvalue weighted by Gasteiger charge is -2.16. The Bertz CT molecular complexity index is 1150. The zero-order valence-electron chi connectivity index (χ0n) is 16.4. The van der Waals surface area contributed by atoms with E-state index in [2.05, 4.69) is 10.4 Å². The largest absolute Gasteiger partial charge is 0.322 e. The summed E-state index contributed by atoms with van der Waals surface area (Å²) in [6, 6.07) is 25.0. The highest BCUT2D eigenvalue weighted by molar-refractivity contribution is 8.00. The Morgan fingerprint density at radius 3 is 2.26 bits per heavy atom. The van der Waals surface area contributed by atoms with E-state index in [0.717, 1.165) is 16.0 Å². The molecule has 1 N–H and O–H groups in total. The molecule has 0 fully saturated rings. The summed E-state index contributed by atoms with van der Waals surface area (Å²) in [6.45, 7) is 0.412. The Morgan fingerprint density at radius 1 is 0.935 bits per heavy atom. The Labute approximate surface area is 195 Å². The van der Waals surface area contributed by atoms with Crippen LogP contribution in [0.3, 0.4) is 0 Å². The predicted octanol–water partition coefficient (Wildman–Crippen LogP) is 6.71. The van der Waals surface area contributed by atoms with Crippen LogP contribution in [0, 0.1) is 0 Å². The second-order valence-electron chi connectivity index (χ2n) is 6.84. The number of aromatic nitrogens is 2. The Balaban J connectivity index is 1.51. The number of thioether (sulfide) groups is 1. The first-order valence-electron chi connectivity index (χ1n) is 9.63. The SMILES string of the molecule is O=C(Nc1cnn(Cc2c(Cl)cccc2Cl)c1)[C@H](Sc1ccccc1)c1ccccc1. The second-order valence-corrected chi connectivity index (χ2v) is 8.83. The van der Waals surface area contributed by atoms with Crippen molar-refractivity contribution >= 4 is 46.6 Å². The number of hydrogen-bond donors (Lipinski definition) is 1. The van der Waals surface area contributed by atoms with Gasteiger partial charge in [0.15, 0.2) is 0 Å². The summed E-state index contributed by atoms with van der Waals surface area (Å²) in [5.41, 5.74) is 2.33. The van der Waals surface area contributed by atoms with Crippen LogP contribution in [0.5, 0.6) is 0 Å². The minimum atomic E-state index is -0.398. The van der Waals surface area contributed by atoms with E-state index >= 15 is 0 Å². The van der Waals surface area contributed by atoms with Gasteiger partial charge in [0.2, 0.25) is 5.91 Å². The fourth-order valence-electron chi connectivity index (χ4n) is 3.10.